The summed E-state index contributed by atoms with van der Waals surface area (Å²) in [7, 11) is 0. The van der Waals surface area contributed by atoms with Gasteiger partial charge in [-0.25, -0.2) is 4.79 Å². The van der Waals surface area contributed by atoms with Crippen molar-refractivity contribution in [2.75, 3.05) is 6.54 Å². The summed E-state index contributed by atoms with van der Waals surface area (Å²) in [4.78, 5) is 40.5. The number of nitrogens with one attached hydrogen (secondary N) is 1. The lowest BCUT2D eigenvalue weighted by Crippen LogP contribution is -2.49. The Kier molecular flexibility index (Phi) is 5.42. The van der Waals surface area contributed by atoms with Crippen molar-refractivity contribution in [2.45, 2.75) is 52.2 Å². The number of benzene rings is 1. The molecule has 4 amide bonds. The lowest BCUT2D eigenvalue weighted by atomic mass is 9.92. The predicted molar refractivity (Wildman–Crippen MR) is 96.2 cm³/mol. The molecule has 0 unspecified atom stereocenters. The lowest BCUT2D eigenvalue weighted by Gasteiger charge is -2.32. The molecule has 0 radical (unpaired) electrons. The Labute approximate surface area is 153 Å². The quantitative estimate of drug-likeness (QED) is 0.816. The minimum absolute atomic E-state index is 0.0248. The van der Waals surface area contributed by atoms with Crippen LogP contribution in [-0.4, -0.2) is 46.3 Å². The molecule has 1 saturated heterocycles. The second-order valence-corrected chi connectivity index (χ2v) is 7.32. The number of imide groups is 1. The first-order valence-corrected chi connectivity index (χ1v) is 8.67. The normalized spacial score (nSPS) is 20.4. The number of carbonyl (C=O) groups is 3. The maximum absolute atomic E-state index is 12.9. The summed E-state index contributed by atoms with van der Waals surface area (Å²) < 4.78 is 0. The fourth-order valence-corrected chi connectivity index (χ4v) is 3.60. The van der Waals surface area contributed by atoms with Gasteiger partial charge in [-0.3, -0.25) is 14.5 Å². The van der Waals surface area contributed by atoms with Crippen molar-refractivity contribution in [3.8, 4) is 0 Å². The highest BCUT2D eigenvalue weighted by molar-refractivity contribution is 6.32. The van der Waals surface area contributed by atoms with Gasteiger partial charge in [0.1, 0.15) is 12.1 Å². The number of rotatable bonds is 5. The van der Waals surface area contributed by atoms with Crippen LogP contribution in [0.1, 0.15) is 40.2 Å². The fourth-order valence-electron chi connectivity index (χ4n) is 3.28. The monoisotopic (exact) mass is 365 g/mol. The average molecular weight is 366 g/mol. The summed E-state index contributed by atoms with van der Waals surface area (Å²) in [5.41, 5.74) is -0.773. The Hall–Kier alpha value is -2.08. The van der Waals surface area contributed by atoms with Gasteiger partial charge in [-0.2, -0.15) is 0 Å². The number of urea groups is 1. The third kappa shape index (κ3) is 3.49. The minimum atomic E-state index is -1.28. The van der Waals surface area contributed by atoms with Crippen LogP contribution >= 0.6 is 11.6 Å². The van der Waals surface area contributed by atoms with E-state index in [0.717, 1.165) is 4.90 Å². The summed E-state index contributed by atoms with van der Waals surface area (Å²) in [5.74, 6) is -0.747. The van der Waals surface area contributed by atoms with E-state index in [-0.39, 0.29) is 24.5 Å². The standard InChI is InChI=1S/C18H24ClN3O3/c1-11(2)22(12(3)4)15(23)10-21-16(24)18(5,20-17(21)25)13-8-6-7-9-14(13)19/h6-9,11-12H,10H2,1-5H3,(H,20,25)/t18-/m0/s1. The number of halogens is 1. The fraction of sp³-hybridized carbons (Fsp3) is 0.500. The van der Waals surface area contributed by atoms with Crippen LogP contribution < -0.4 is 5.32 Å². The second kappa shape index (κ2) is 7.04. The van der Waals surface area contributed by atoms with Crippen molar-refractivity contribution < 1.29 is 14.4 Å². The predicted octanol–water partition coefficient (Wildman–Crippen LogP) is 2.75. The first-order valence-electron chi connectivity index (χ1n) is 8.30. The molecule has 6 nitrogen and oxygen atoms in total. The molecule has 0 aromatic heterocycles. The summed E-state index contributed by atoms with van der Waals surface area (Å²) in [6, 6.07) is 6.22. The van der Waals surface area contributed by atoms with Crippen LogP contribution in [0.25, 0.3) is 0 Å². The van der Waals surface area contributed by atoms with Crippen LogP contribution in [0, 0.1) is 0 Å². The maximum atomic E-state index is 12.9. The van der Waals surface area contributed by atoms with E-state index >= 15 is 0 Å². The zero-order valence-corrected chi connectivity index (χ0v) is 15.9. The molecule has 1 atom stereocenters. The molecular formula is C18H24ClN3O3. The van der Waals surface area contributed by atoms with Gasteiger partial charge in [-0.15, -0.1) is 0 Å². The molecule has 0 aliphatic carbocycles. The first-order chi connectivity index (χ1) is 11.6. The van der Waals surface area contributed by atoms with E-state index in [1.54, 1.807) is 36.1 Å². The molecule has 1 fully saturated rings. The van der Waals surface area contributed by atoms with Crippen molar-refractivity contribution in [1.82, 2.24) is 15.1 Å². The van der Waals surface area contributed by atoms with Crippen LogP contribution in [0.5, 0.6) is 0 Å². The maximum Gasteiger partial charge on any atom is 0.325 e. The van der Waals surface area contributed by atoms with Gasteiger partial charge in [-0.1, -0.05) is 29.8 Å². The zero-order valence-electron chi connectivity index (χ0n) is 15.2. The Bertz CT molecular complexity index is 697. The smallest absolute Gasteiger partial charge is 0.325 e. The topological polar surface area (TPSA) is 69.7 Å². The third-order valence-electron chi connectivity index (χ3n) is 4.38. The van der Waals surface area contributed by atoms with Gasteiger partial charge in [0, 0.05) is 22.7 Å². The molecule has 2 rings (SSSR count). The Morgan fingerprint density at radius 3 is 2.28 bits per heavy atom. The molecule has 1 aliphatic rings. The van der Waals surface area contributed by atoms with Gasteiger partial charge < -0.3 is 10.2 Å². The molecule has 25 heavy (non-hydrogen) atoms. The highest BCUT2D eigenvalue weighted by Crippen LogP contribution is 2.33. The van der Waals surface area contributed by atoms with Gasteiger partial charge in [0.2, 0.25) is 5.91 Å². The minimum Gasteiger partial charge on any atom is -0.336 e. The number of amides is 4. The summed E-state index contributed by atoms with van der Waals surface area (Å²) in [6.45, 7) is 8.91. The van der Waals surface area contributed by atoms with Crippen LogP contribution in [-0.2, 0) is 15.1 Å². The second-order valence-electron chi connectivity index (χ2n) is 6.91. The zero-order chi connectivity index (χ0) is 18.9. The van der Waals surface area contributed by atoms with Gasteiger partial charge in [0.25, 0.3) is 5.91 Å². The first kappa shape index (κ1) is 19.2. The lowest BCUT2D eigenvalue weighted by molar-refractivity contribution is -0.141. The molecule has 1 aromatic rings. The number of nitrogens with zero attached hydrogens (tertiary/aromatic N) is 2. The molecule has 1 N–H and O–H groups in total. The van der Waals surface area contributed by atoms with E-state index in [4.69, 9.17) is 11.6 Å². The molecule has 7 heteroatoms. The molecule has 0 saturated carbocycles. The van der Waals surface area contributed by atoms with Crippen LogP contribution in [0.3, 0.4) is 0 Å². The SMILES string of the molecule is CC(C)N(C(=O)CN1C(=O)N[C@@](C)(c2ccccc2Cl)C1=O)C(C)C. The average Bonchev–Trinajstić information content (AvgIpc) is 2.71. The van der Waals surface area contributed by atoms with E-state index in [2.05, 4.69) is 5.32 Å². The van der Waals surface area contributed by atoms with Crippen molar-refractivity contribution in [3.63, 3.8) is 0 Å². The molecule has 1 aromatic carbocycles. The van der Waals surface area contributed by atoms with Crippen molar-refractivity contribution in [2.24, 2.45) is 0 Å². The Morgan fingerprint density at radius 1 is 1.20 bits per heavy atom. The van der Waals surface area contributed by atoms with Gasteiger partial charge in [0.05, 0.1) is 0 Å². The molecule has 0 spiro atoms. The van der Waals surface area contributed by atoms with E-state index in [1.165, 1.54) is 0 Å². The summed E-state index contributed by atoms with van der Waals surface area (Å²) in [6.07, 6.45) is 0. The van der Waals surface area contributed by atoms with Crippen LogP contribution in [0.2, 0.25) is 5.02 Å². The molecular weight excluding hydrogens is 342 g/mol. The molecule has 1 heterocycles. The van der Waals surface area contributed by atoms with Gasteiger partial charge >= 0.3 is 6.03 Å². The third-order valence-corrected chi connectivity index (χ3v) is 4.71. The molecule has 0 bridgehead atoms. The number of hydrogen-bond donors (Lipinski definition) is 1. The van der Waals surface area contributed by atoms with Gasteiger partial charge in [-0.05, 0) is 40.7 Å². The highest BCUT2D eigenvalue weighted by Gasteiger charge is 2.50. The highest BCUT2D eigenvalue weighted by atomic mass is 35.5. The summed E-state index contributed by atoms with van der Waals surface area (Å²) in [5, 5.41) is 3.06. The van der Waals surface area contributed by atoms with E-state index < -0.39 is 17.5 Å². The molecule has 136 valence electrons. The number of hydrogen-bond acceptors (Lipinski definition) is 3. The van der Waals surface area contributed by atoms with E-state index in [0.29, 0.717) is 10.6 Å². The largest absolute Gasteiger partial charge is 0.336 e. The van der Waals surface area contributed by atoms with Crippen LogP contribution in [0.4, 0.5) is 4.79 Å². The van der Waals surface area contributed by atoms with Crippen molar-refractivity contribution >= 4 is 29.4 Å². The Balaban J connectivity index is 2.27. The van der Waals surface area contributed by atoms with Crippen molar-refractivity contribution in [1.29, 1.82) is 0 Å². The summed E-state index contributed by atoms with van der Waals surface area (Å²) >= 11 is 6.20. The van der Waals surface area contributed by atoms with E-state index in [9.17, 15) is 14.4 Å². The molecule has 1 aliphatic heterocycles. The van der Waals surface area contributed by atoms with E-state index in [1.807, 2.05) is 27.7 Å². The number of carbonyl (C=O) groups excluding carboxylic acids is 3. The Morgan fingerprint density at radius 2 is 1.76 bits per heavy atom. The van der Waals surface area contributed by atoms with Crippen molar-refractivity contribution in [3.05, 3.63) is 34.9 Å². The van der Waals surface area contributed by atoms with Gasteiger partial charge in [0.15, 0.2) is 0 Å². The van der Waals surface area contributed by atoms with Crippen LogP contribution in [0.15, 0.2) is 24.3 Å².